The molecule has 1 fully saturated rings. The molecule has 1 heterocycles. The Kier molecular flexibility index (Phi) is 3.85. The van der Waals surface area contributed by atoms with Crippen molar-refractivity contribution in [2.24, 2.45) is 5.92 Å². The quantitative estimate of drug-likeness (QED) is 0.654. The molecule has 1 saturated heterocycles. The second-order valence-electron chi connectivity index (χ2n) is 3.95. The van der Waals surface area contributed by atoms with Crippen molar-refractivity contribution in [2.75, 3.05) is 17.2 Å². The fraction of sp³-hybridized carbons (Fsp3) is 0.364. The topological polar surface area (TPSA) is 20.3 Å². The first-order valence-corrected chi connectivity index (χ1v) is 6.48. The maximum atomic E-state index is 13.9. The molecule has 1 amide bonds. The summed E-state index contributed by atoms with van der Waals surface area (Å²) in [6.07, 6.45) is 0.392. The van der Waals surface area contributed by atoms with Gasteiger partial charge in [-0.3, -0.25) is 4.79 Å². The molecule has 1 aromatic rings. The first-order valence-electron chi connectivity index (χ1n) is 5.09. The summed E-state index contributed by atoms with van der Waals surface area (Å²) in [5.41, 5.74) is 0.189. The number of thiol groups is 1. The van der Waals surface area contributed by atoms with Gasteiger partial charge >= 0.3 is 0 Å². The molecule has 17 heavy (non-hydrogen) atoms. The summed E-state index contributed by atoms with van der Waals surface area (Å²) in [7, 11) is 0. The molecule has 0 bridgehead atoms. The summed E-state index contributed by atoms with van der Waals surface area (Å²) >= 11 is 15.6. The highest BCUT2D eigenvalue weighted by Crippen LogP contribution is 2.34. The van der Waals surface area contributed by atoms with Gasteiger partial charge in [0.2, 0.25) is 5.91 Å². The minimum atomic E-state index is -0.646. The van der Waals surface area contributed by atoms with E-state index < -0.39 is 5.82 Å². The number of carbonyl (C=O) groups is 1. The molecule has 0 saturated carbocycles. The molecule has 0 radical (unpaired) electrons. The van der Waals surface area contributed by atoms with Gasteiger partial charge in [0.15, 0.2) is 5.82 Å². The van der Waals surface area contributed by atoms with Gasteiger partial charge < -0.3 is 4.90 Å². The molecule has 1 aliphatic rings. The number of halogens is 3. The third-order valence-corrected chi connectivity index (χ3v) is 4.07. The van der Waals surface area contributed by atoms with Gasteiger partial charge in [0.05, 0.1) is 15.7 Å². The van der Waals surface area contributed by atoms with Crippen LogP contribution in [0.25, 0.3) is 0 Å². The number of benzene rings is 1. The second kappa shape index (κ2) is 5.04. The van der Waals surface area contributed by atoms with Gasteiger partial charge in [-0.05, 0) is 23.8 Å². The maximum absolute atomic E-state index is 13.9. The molecule has 0 N–H and O–H groups in total. The lowest BCUT2D eigenvalue weighted by molar-refractivity contribution is -0.117. The highest BCUT2D eigenvalue weighted by atomic mass is 35.5. The van der Waals surface area contributed by atoms with E-state index in [4.69, 9.17) is 23.2 Å². The third kappa shape index (κ3) is 2.39. The van der Waals surface area contributed by atoms with Crippen LogP contribution in [-0.4, -0.2) is 18.2 Å². The third-order valence-electron chi connectivity index (χ3n) is 2.77. The van der Waals surface area contributed by atoms with Crippen molar-refractivity contribution in [2.45, 2.75) is 6.42 Å². The van der Waals surface area contributed by atoms with Crippen LogP contribution in [-0.2, 0) is 4.79 Å². The molecule has 6 heteroatoms. The highest BCUT2D eigenvalue weighted by Gasteiger charge is 2.31. The zero-order valence-corrected chi connectivity index (χ0v) is 11.2. The van der Waals surface area contributed by atoms with Crippen molar-refractivity contribution >= 4 is 47.4 Å². The number of rotatable bonds is 2. The normalized spacial score (nSPS) is 20.1. The lowest BCUT2D eigenvalue weighted by atomic mass is 10.1. The lowest BCUT2D eigenvalue weighted by Gasteiger charge is -2.18. The van der Waals surface area contributed by atoms with Crippen LogP contribution in [0.5, 0.6) is 0 Å². The zero-order chi connectivity index (χ0) is 12.6. The van der Waals surface area contributed by atoms with E-state index in [0.29, 0.717) is 18.7 Å². The van der Waals surface area contributed by atoms with Crippen LogP contribution in [0.15, 0.2) is 12.1 Å². The largest absolute Gasteiger partial charge is 0.309 e. The molecule has 2 rings (SSSR count). The molecule has 1 aromatic carbocycles. The molecule has 2 nitrogen and oxygen atoms in total. The summed E-state index contributed by atoms with van der Waals surface area (Å²) in [5, 5.41) is -0.00315. The second-order valence-corrected chi connectivity index (χ2v) is 5.10. The smallest absolute Gasteiger partial charge is 0.227 e. The first-order chi connectivity index (χ1) is 8.04. The fourth-order valence-electron chi connectivity index (χ4n) is 1.86. The standard InChI is InChI=1S/C11H10Cl2FNOS/c12-7-1-2-8(11(14)10(7)13)15-4-6(5-17)3-9(15)16/h1-2,6,17H,3-5H2. The zero-order valence-electron chi connectivity index (χ0n) is 8.79. The SMILES string of the molecule is O=C1CC(CS)CN1c1ccc(Cl)c(Cl)c1F. The van der Waals surface area contributed by atoms with Crippen molar-refractivity contribution in [3.05, 3.63) is 28.0 Å². The molecular formula is C11H10Cl2FNOS. The van der Waals surface area contributed by atoms with Crippen LogP contribution in [0.2, 0.25) is 10.0 Å². The number of amides is 1. The van der Waals surface area contributed by atoms with E-state index in [-0.39, 0.29) is 27.6 Å². The van der Waals surface area contributed by atoms with Crippen molar-refractivity contribution in [1.29, 1.82) is 0 Å². The first kappa shape index (κ1) is 13.0. The van der Waals surface area contributed by atoms with E-state index in [1.807, 2.05) is 0 Å². The van der Waals surface area contributed by atoms with Crippen molar-refractivity contribution in [1.82, 2.24) is 0 Å². The minimum Gasteiger partial charge on any atom is -0.309 e. The number of hydrogen-bond acceptors (Lipinski definition) is 2. The Bertz CT molecular complexity index is 469. The Labute approximate surface area is 114 Å². The van der Waals surface area contributed by atoms with Gasteiger partial charge in [0, 0.05) is 13.0 Å². The van der Waals surface area contributed by atoms with Crippen molar-refractivity contribution in [3.63, 3.8) is 0 Å². The van der Waals surface area contributed by atoms with Crippen LogP contribution in [0.4, 0.5) is 10.1 Å². The molecule has 0 aromatic heterocycles. The van der Waals surface area contributed by atoms with Crippen molar-refractivity contribution < 1.29 is 9.18 Å². The number of carbonyl (C=O) groups excluding carboxylic acids is 1. The highest BCUT2D eigenvalue weighted by molar-refractivity contribution is 7.80. The Morgan fingerprint density at radius 1 is 1.47 bits per heavy atom. The van der Waals surface area contributed by atoms with E-state index in [2.05, 4.69) is 12.6 Å². The van der Waals surface area contributed by atoms with Gasteiger partial charge in [-0.15, -0.1) is 0 Å². The number of hydrogen-bond donors (Lipinski definition) is 1. The van der Waals surface area contributed by atoms with Crippen LogP contribution in [0, 0.1) is 11.7 Å². The Morgan fingerprint density at radius 3 is 2.76 bits per heavy atom. The fourth-order valence-corrected chi connectivity index (χ4v) is 2.41. The van der Waals surface area contributed by atoms with Gasteiger partial charge in [-0.25, -0.2) is 4.39 Å². The molecule has 1 atom stereocenters. The number of anilines is 1. The summed E-state index contributed by atoms with van der Waals surface area (Å²) in [4.78, 5) is 13.1. The Morgan fingerprint density at radius 2 is 2.18 bits per heavy atom. The average molecular weight is 294 g/mol. The Balaban J connectivity index is 2.35. The van der Waals surface area contributed by atoms with E-state index in [0.717, 1.165) is 0 Å². The molecule has 0 aliphatic carbocycles. The van der Waals surface area contributed by atoms with Crippen LogP contribution < -0.4 is 4.90 Å². The average Bonchev–Trinajstić information content (AvgIpc) is 2.68. The molecular weight excluding hydrogens is 284 g/mol. The minimum absolute atomic E-state index is 0.110. The number of nitrogens with zero attached hydrogens (tertiary/aromatic N) is 1. The predicted molar refractivity (Wildman–Crippen MR) is 70.7 cm³/mol. The van der Waals surface area contributed by atoms with Crippen LogP contribution in [0.1, 0.15) is 6.42 Å². The van der Waals surface area contributed by atoms with Gasteiger partial charge in [0.25, 0.3) is 0 Å². The summed E-state index contributed by atoms with van der Waals surface area (Å²) in [5.74, 6) is -0.00101. The van der Waals surface area contributed by atoms with E-state index >= 15 is 0 Å². The molecule has 1 unspecified atom stereocenters. The van der Waals surface area contributed by atoms with Gasteiger partial charge in [-0.2, -0.15) is 12.6 Å². The summed E-state index contributed by atoms with van der Waals surface area (Å²) < 4.78 is 13.9. The van der Waals surface area contributed by atoms with E-state index in [1.54, 1.807) is 0 Å². The summed E-state index contributed by atoms with van der Waals surface area (Å²) in [6.45, 7) is 0.469. The van der Waals surface area contributed by atoms with E-state index in [1.165, 1.54) is 17.0 Å². The van der Waals surface area contributed by atoms with E-state index in [9.17, 15) is 9.18 Å². The summed E-state index contributed by atoms with van der Waals surface area (Å²) in [6, 6.07) is 2.96. The van der Waals surface area contributed by atoms with Gasteiger partial charge in [0.1, 0.15) is 0 Å². The molecule has 0 spiro atoms. The Hall–Kier alpha value is -0.450. The van der Waals surface area contributed by atoms with Crippen molar-refractivity contribution in [3.8, 4) is 0 Å². The predicted octanol–water partition coefficient (Wildman–Crippen LogP) is 3.42. The lowest BCUT2D eigenvalue weighted by Crippen LogP contribution is -2.25. The molecule has 1 aliphatic heterocycles. The van der Waals surface area contributed by atoms with Gasteiger partial charge in [-0.1, -0.05) is 23.2 Å². The molecule has 92 valence electrons. The van der Waals surface area contributed by atoms with Crippen LogP contribution >= 0.6 is 35.8 Å². The maximum Gasteiger partial charge on any atom is 0.227 e. The van der Waals surface area contributed by atoms with Crippen LogP contribution in [0.3, 0.4) is 0 Å². The monoisotopic (exact) mass is 293 g/mol.